The topological polar surface area (TPSA) is 57.6 Å². The van der Waals surface area contributed by atoms with Gasteiger partial charge in [-0.1, -0.05) is 19.9 Å². The zero-order valence-corrected chi connectivity index (χ0v) is 13.9. The first kappa shape index (κ1) is 16.5. The van der Waals surface area contributed by atoms with Gasteiger partial charge in [0.05, 0.1) is 11.5 Å². The molecule has 0 aliphatic carbocycles. The van der Waals surface area contributed by atoms with Crippen molar-refractivity contribution in [3.63, 3.8) is 0 Å². The van der Waals surface area contributed by atoms with Gasteiger partial charge in [-0.2, -0.15) is 4.31 Å². The number of sulfonamides is 1. The molecule has 0 radical (unpaired) electrons. The molecule has 0 atom stereocenters. The fourth-order valence-corrected chi connectivity index (χ4v) is 4.66. The van der Waals surface area contributed by atoms with Crippen molar-refractivity contribution in [1.82, 2.24) is 4.31 Å². The first-order valence-corrected chi connectivity index (χ1v) is 9.03. The van der Waals surface area contributed by atoms with Crippen LogP contribution in [0.15, 0.2) is 23.1 Å². The maximum atomic E-state index is 12.8. The third-order valence-corrected chi connectivity index (χ3v) is 6.87. The minimum atomic E-state index is -3.46. The van der Waals surface area contributed by atoms with E-state index in [2.05, 4.69) is 13.8 Å². The van der Waals surface area contributed by atoms with Gasteiger partial charge < -0.3 is 5.11 Å². The van der Waals surface area contributed by atoms with Gasteiger partial charge in [0.1, 0.15) is 0 Å². The Morgan fingerprint density at radius 2 is 1.95 bits per heavy atom. The number of aliphatic hydroxyl groups excluding tert-OH is 1. The van der Waals surface area contributed by atoms with Crippen molar-refractivity contribution in [3.8, 4) is 0 Å². The second kappa shape index (κ2) is 6.07. The summed E-state index contributed by atoms with van der Waals surface area (Å²) in [7, 11) is -3.46. The summed E-state index contributed by atoms with van der Waals surface area (Å²) in [5, 5.41) is 9.32. The molecule has 2 rings (SSSR count). The summed E-state index contributed by atoms with van der Waals surface area (Å²) in [4.78, 5) is 0.292. The molecule has 1 fully saturated rings. The molecule has 1 N–H and O–H groups in total. The fourth-order valence-electron chi connectivity index (χ4n) is 3.05. The van der Waals surface area contributed by atoms with Crippen LogP contribution >= 0.6 is 0 Å². The molecule has 5 heteroatoms. The lowest BCUT2D eigenvalue weighted by molar-refractivity contribution is 0.279. The van der Waals surface area contributed by atoms with E-state index in [1.807, 2.05) is 6.92 Å². The molecule has 0 amide bonds. The average molecular weight is 311 g/mol. The predicted octanol–water partition coefficient (Wildman–Crippen LogP) is 2.69. The molecule has 1 saturated heterocycles. The minimum Gasteiger partial charge on any atom is -0.392 e. The predicted molar refractivity (Wildman–Crippen MR) is 83.5 cm³/mol. The summed E-state index contributed by atoms with van der Waals surface area (Å²) in [6.45, 7) is 7.20. The molecule has 1 heterocycles. The van der Waals surface area contributed by atoms with Crippen LogP contribution in [0.1, 0.15) is 44.2 Å². The first-order valence-electron chi connectivity index (χ1n) is 7.59. The number of rotatable bonds is 5. The maximum Gasteiger partial charge on any atom is 0.243 e. The standard InChI is InChI=1S/C16H25NO3S/c1-4-16(5-2)8-9-17(12-16)21(19,20)15-7-6-13(3)14(10-15)11-18/h6-7,10,18H,4-5,8-9,11-12H2,1-3H3. The molecule has 0 aromatic heterocycles. The molecule has 1 aromatic rings. The highest BCUT2D eigenvalue weighted by Crippen LogP contribution is 2.39. The highest BCUT2D eigenvalue weighted by atomic mass is 32.2. The zero-order chi connectivity index (χ0) is 15.7. The lowest BCUT2D eigenvalue weighted by atomic mass is 9.82. The van der Waals surface area contributed by atoms with Crippen LogP contribution in [0.3, 0.4) is 0 Å². The third kappa shape index (κ3) is 3.00. The van der Waals surface area contributed by atoms with E-state index in [4.69, 9.17) is 0 Å². The highest BCUT2D eigenvalue weighted by Gasteiger charge is 2.40. The van der Waals surface area contributed by atoms with Gasteiger partial charge in [0, 0.05) is 13.1 Å². The van der Waals surface area contributed by atoms with Gasteiger partial charge in [0.2, 0.25) is 10.0 Å². The van der Waals surface area contributed by atoms with E-state index in [-0.39, 0.29) is 12.0 Å². The van der Waals surface area contributed by atoms with Gasteiger partial charge in [-0.05, 0) is 54.9 Å². The lowest BCUT2D eigenvalue weighted by Crippen LogP contribution is -2.32. The monoisotopic (exact) mass is 311 g/mol. The van der Waals surface area contributed by atoms with Crippen molar-refractivity contribution in [2.24, 2.45) is 5.41 Å². The Kier molecular flexibility index (Phi) is 4.76. The number of hydrogen-bond acceptors (Lipinski definition) is 3. The molecular weight excluding hydrogens is 286 g/mol. The molecule has 0 spiro atoms. The van der Waals surface area contributed by atoms with E-state index in [9.17, 15) is 13.5 Å². The molecule has 118 valence electrons. The molecule has 0 saturated carbocycles. The van der Waals surface area contributed by atoms with Crippen molar-refractivity contribution in [1.29, 1.82) is 0 Å². The summed E-state index contributed by atoms with van der Waals surface area (Å²) in [6.07, 6.45) is 2.94. The minimum absolute atomic E-state index is 0.123. The van der Waals surface area contributed by atoms with Gasteiger partial charge in [-0.25, -0.2) is 8.42 Å². The van der Waals surface area contributed by atoms with Crippen LogP contribution in [0.25, 0.3) is 0 Å². The summed E-state index contributed by atoms with van der Waals surface area (Å²) in [6, 6.07) is 5.01. The number of benzene rings is 1. The average Bonchev–Trinajstić information content (AvgIpc) is 2.93. The quantitative estimate of drug-likeness (QED) is 0.909. The molecule has 1 aliphatic heterocycles. The molecule has 21 heavy (non-hydrogen) atoms. The van der Waals surface area contributed by atoms with E-state index >= 15 is 0 Å². The van der Waals surface area contributed by atoms with Crippen LogP contribution in [0.5, 0.6) is 0 Å². The summed E-state index contributed by atoms with van der Waals surface area (Å²) in [5.41, 5.74) is 1.71. The van der Waals surface area contributed by atoms with Crippen molar-refractivity contribution in [2.45, 2.75) is 51.5 Å². The largest absolute Gasteiger partial charge is 0.392 e. The fraction of sp³-hybridized carbons (Fsp3) is 0.625. The molecular formula is C16H25NO3S. The number of hydrogen-bond donors (Lipinski definition) is 1. The Labute approximate surface area is 127 Å². The first-order chi connectivity index (χ1) is 9.88. The van der Waals surface area contributed by atoms with E-state index in [0.717, 1.165) is 24.8 Å². The van der Waals surface area contributed by atoms with Crippen molar-refractivity contribution in [2.75, 3.05) is 13.1 Å². The van der Waals surface area contributed by atoms with Crippen LogP contribution in [0.4, 0.5) is 0 Å². The van der Waals surface area contributed by atoms with Gasteiger partial charge in [0.15, 0.2) is 0 Å². The van der Waals surface area contributed by atoms with Crippen molar-refractivity contribution >= 4 is 10.0 Å². The van der Waals surface area contributed by atoms with Crippen LogP contribution in [-0.2, 0) is 16.6 Å². The zero-order valence-electron chi connectivity index (χ0n) is 13.1. The molecule has 1 aliphatic rings. The highest BCUT2D eigenvalue weighted by molar-refractivity contribution is 7.89. The van der Waals surface area contributed by atoms with Gasteiger partial charge in [0.25, 0.3) is 0 Å². The Balaban J connectivity index is 2.31. The Hall–Kier alpha value is -0.910. The Morgan fingerprint density at radius 3 is 2.48 bits per heavy atom. The van der Waals surface area contributed by atoms with E-state index in [1.165, 1.54) is 0 Å². The smallest absolute Gasteiger partial charge is 0.243 e. The number of nitrogens with zero attached hydrogens (tertiary/aromatic N) is 1. The van der Waals surface area contributed by atoms with Crippen molar-refractivity contribution in [3.05, 3.63) is 29.3 Å². The van der Waals surface area contributed by atoms with Crippen LogP contribution < -0.4 is 0 Å². The van der Waals surface area contributed by atoms with E-state index < -0.39 is 10.0 Å². The number of aryl methyl sites for hydroxylation is 1. The Bertz CT molecular complexity index is 606. The second-order valence-electron chi connectivity index (χ2n) is 6.04. The van der Waals surface area contributed by atoms with Gasteiger partial charge in [-0.3, -0.25) is 0 Å². The van der Waals surface area contributed by atoms with E-state index in [1.54, 1.807) is 22.5 Å². The summed E-state index contributed by atoms with van der Waals surface area (Å²) < 4.78 is 27.2. The van der Waals surface area contributed by atoms with Crippen LogP contribution in [-0.4, -0.2) is 30.9 Å². The normalized spacial score (nSPS) is 19.0. The second-order valence-corrected chi connectivity index (χ2v) is 7.98. The lowest BCUT2D eigenvalue weighted by Gasteiger charge is -2.26. The molecule has 1 aromatic carbocycles. The summed E-state index contributed by atoms with van der Waals surface area (Å²) in [5.74, 6) is 0. The maximum absolute atomic E-state index is 12.8. The molecule has 0 bridgehead atoms. The number of aliphatic hydroxyl groups is 1. The van der Waals surface area contributed by atoms with Gasteiger partial charge in [-0.15, -0.1) is 0 Å². The summed E-state index contributed by atoms with van der Waals surface area (Å²) >= 11 is 0. The van der Waals surface area contributed by atoms with Crippen LogP contribution in [0, 0.1) is 12.3 Å². The van der Waals surface area contributed by atoms with E-state index in [0.29, 0.717) is 23.5 Å². The molecule has 4 nitrogen and oxygen atoms in total. The Morgan fingerprint density at radius 1 is 1.29 bits per heavy atom. The van der Waals surface area contributed by atoms with Gasteiger partial charge >= 0.3 is 0 Å². The van der Waals surface area contributed by atoms with Crippen LogP contribution in [0.2, 0.25) is 0 Å². The van der Waals surface area contributed by atoms with Crippen molar-refractivity contribution < 1.29 is 13.5 Å². The molecule has 0 unspecified atom stereocenters. The SMILES string of the molecule is CCC1(CC)CCN(S(=O)(=O)c2ccc(C)c(CO)c2)C1. The third-order valence-electron chi connectivity index (χ3n) is 5.03.